The van der Waals surface area contributed by atoms with E-state index >= 15 is 0 Å². The highest BCUT2D eigenvalue weighted by molar-refractivity contribution is 5.51. The molecule has 1 fully saturated rings. The summed E-state index contributed by atoms with van der Waals surface area (Å²) < 4.78 is 24.0. The summed E-state index contributed by atoms with van der Waals surface area (Å²) in [6.45, 7) is 8.04. The summed E-state index contributed by atoms with van der Waals surface area (Å²) in [6.07, 6.45) is 0. The van der Waals surface area contributed by atoms with Gasteiger partial charge in [0.25, 0.3) is 0 Å². The van der Waals surface area contributed by atoms with Gasteiger partial charge in [-0.1, -0.05) is 5.16 Å². The van der Waals surface area contributed by atoms with Crippen LogP contribution in [0.4, 0.5) is 4.39 Å². The first-order valence-corrected chi connectivity index (χ1v) is 8.93. The molecule has 9 heteroatoms. The lowest BCUT2D eigenvalue weighted by atomic mass is 10.2. The van der Waals surface area contributed by atoms with Crippen molar-refractivity contribution in [2.45, 2.75) is 26.4 Å². The van der Waals surface area contributed by atoms with Crippen molar-refractivity contribution in [2.24, 2.45) is 0 Å². The number of hydrogen-bond donors (Lipinski definition) is 0. The number of piperazine rings is 1. The molecule has 0 spiro atoms. The highest BCUT2D eigenvalue weighted by Crippen LogP contribution is 2.22. The van der Waals surface area contributed by atoms with Crippen LogP contribution in [0.25, 0.3) is 11.5 Å². The number of benzene rings is 1. The molecule has 3 heterocycles. The Kier molecular flexibility index (Phi) is 4.95. The molecule has 0 amide bonds. The Morgan fingerprint density at radius 1 is 1.11 bits per heavy atom. The summed E-state index contributed by atoms with van der Waals surface area (Å²) in [5.74, 6) is 1.99. The summed E-state index contributed by atoms with van der Waals surface area (Å²) in [5, 5.41) is 12.0. The number of hydrogen-bond acceptors (Lipinski definition) is 8. The number of aromatic nitrogens is 4. The van der Waals surface area contributed by atoms with Gasteiger partial charge in [0.2, 0.25) is 17.7 Å². The number of aryl methyl sites for hydroxylation is 1. The van der Waals surface area contributed by atoms with Crippen LogP contribution in [-0.4, -0.2) is 56.3 Å². The van der Waals surface area contributed by atoms with Crippen LogP contribution in [0.2, 0.25) is 0 Å². The second-order valence-corrected chi connectivity index (χ2v) is 6.68. The third-order valence-corrected chi connectivity index (χ3v) is 4.77. The molecule has 4 rings (SSSR count). The van der Waals surface area contributed by atoms with Crippen LogP contribution in [0.5, 0.6) is 0 Å². The van der Waals surface area contributed by atoms with Gasteiger partial charge in [-0.25, -0.2) is 4.39 Å². The van der Waals surface area contributed by atoms with Crippen molar-refractivity contribution in [3.05, 3.63) is 47.7 Å². The molecule has 0 N–H and O–H groups in total. The Labute approximate surface area is 156 Å². The van der Waals surface area contributed by atoms with Crippen molar-refractivity contribution >= 4 is 0 Å². The van der Waals surface area contributed by atoms with Gasteiger partial charge in [0.15, 0.2) is 5.82 Å². The lowest BCUT2D eigenvalue weighted by Gasteiger charge is -2.36. The molecule has 27 heavy (non-hydrogen) atoms. The average molecular weight is 372 g/mol. The van der Waals surface area contributed by atoms with Crippen LogP contribution in [0, 0.1) is 12.7 Å². The molecule has 3 aromatic rings. The van der Waals surface area contributed by atoms with Crippen molar-refractivity contribution in [1.29, 1.82) is 0 Å². The molecule has 2 aromatic heterocycles. The smallest absolute Gasteiger partial charge is 0.247 e. The molecular weight excluding hydrogens is 351 g/mol. The third-order valence-electron chi connectivity index (χ3n) is 4.77. The molecule has 1 aliphatic rings. The van der Waals surface area contributed by atoms with Gasteiger partial charge in [-0.15, -0.1) is 10.2 Å². The van der Waals surface area contributed by atoms with E-state index in [1.54, 1.807) is 12.1 Å². The highest BCUT2D eigenvalue weighted by Gasteiger charge is 2.26. The Balaban J connectivity index is 1.32. The van der Waals surface area contributed by atoms with E-state index in [0.717, 1.165) is 26.2 Å². The van der Waals surface area contributed by atoms with Crippen LogP contribution in [-0.2, 0) is 6.54 Å². The molecule has 1 aliphatic heterocycles. The fraction of sp³-hybridized carbons (Fsp3) is 0.444. The zero-order valence-electron chi connectivity index (χ0n) is 15.3. The molecule has 1 unspecified atom stereocenters. The topological polar surface area (TPSA) is 84.3 Å². The first-order chi connectivity index (χ1) is 13.1. The van der Waals surface area contributed by atoms with Crippen molar-refractivity contribution in [3.63, 3.8) is 0 Å². The summed E-state index contributed by atoms with van der Waals surface area (Å²) in [5.41, 5.74) is 0.712. The van der Waals surface area contributed by atoms with Gasteiger partial charge in [0.05, 0.1) is 12.6 Å². The van der Waals surface area contributed by atoms with Gasteiger partial charge in [0, 0.05) is 31.7 Å². The van der Waals surface area contributed by atoms with Gasteiger partial charge in [-0.3, -0.25) is 9.80 Å². The molecule has 1 atom stereocenters. The Bertz CT molecular complexity index is 885. The molecule has 1 saturated heterocycles. The maximum absolute atomic E-state index is 13.0. The van der Waals surface area contributed by atoms with Crippen molar-refractivity contribution in [3.8, 4) is 11.5 Å². The van der Waals surface area contributed by atoms with E-state index in [0.29, 0.717) is 35.6 Å². The lowest BCUT2D eigenvalue weighted by Crippen LogP contribution is -2.46. The van der Waals surface area contributed by atoms with Crippen LogP contribution in [0.1, 0.15) is 30.6 Å². The van der Waals surface area contributed by atoms with Crippen LogP contribution >= 0.6 is 0 Å². The second kappa shape index (κ2) is 7.53. The molecule has 0 radical (unpaired) electrons. The maximum Gasteiger partial charge on any atom is 0.247 e. The summed E-state index contributed by atoms with van der Waals surface area (Å²) in [4.78, 5) is 8.91. The first-order valence-electron chi connectivity index (χ1n) is 8.93. The molecular formula is C18H21FN6O2. The monoisotopic (exact) mass is 372 g/mol. The third kappa shape index (κ3) is 4.04. The van der Waals surface area contributed by atoms with E-state index in [1.165, 1.54) is 12.1 Å². The van der Waals surface area contributed by atoms with Gasteiger partial charge in [-0.2, -0.15) is 4.98 Å². The quantitative estimate of drug-likeness (QED) is 0.675. The molecule has 0 saturated carbocycles. The zero-order valence-corrected chi connectivity index (χ0v) is 15.3. The molecule has 0 bridgehead atoms. The Morgan fingerprint density at radius 3 is 2.52 bits per heavy atom. The summed E-state index contributed by atoms with van der Waals surface area (Å²) in [6, 6.07) is 6.12. The SMILES string of the molecule is Cc1noc(C(C)N2CCN(Cc3nnc(-c4ccc(F)cc4)o3)CC2)n1. The lowest BCUT2D eigenvalue weighted by molar-refractivity contribution is 0.0799. The van der Waals surface area contributed by atoms with Crippen molar-refractivity contribution in [1.82, 2.24) is 30.1 Å². The van der Waals surface area contributed by atoms with E-state index in [9.17, 15) is 4.39 Å². The predicted molar refractivity (Wildman–Crippen MR) is 94.0 cm³/mol. The van der Waals surface area contributed by atoms with E-state index in [4.69, 9.17) is 8.94 Å². The van der Waals surface area contributed by atoms with E-state index < -0.39 is 0 Å². The van der Waals surface area contributed by atoms with Gasteiger partial charge < -0.3 is 8.94 Å². The zero-order chi connectivity index (χ0) is 18.8. The minimum absolute atomic E-state index is 0.0989. The van der Waals surface area contributed by atoms with Gasteiger partial charge >= 0.3 is 0 Å². The standard InChI is InChI=1S/C18H21FN6O2/c1-12(17-20-13(2)23-27-17)25-9-7-24(8-10-25)11-16-21-22-18(26-16)14-3-5-15(19)6-4-14/h3-6,12H,7-11H2,1-2H3. The highest BCUT2D eigenvalue weighted by atomic mass is 19.1. The van der Waals surface area contributed by atoms with Crippen LogP contribution in [0.15, 0.2) is 33.2 Å². The Morgan fingerprint density at radius 2 is 1.85 bits per heavy atom. The maximum atomic E-state index is 13.0. The fourth-order valence-electron chi connectivity index (χ4n) is 3.17. The average Bonchev–Trinajstić information content (AvgIpc) is 3.32. The minimum atomic E-state index is -0.290. The summed E-state index contributed by atoms with van der Waals surface area (Å²) in [7, 11) is 0. The minimum Gasteiger partial charge on any atom is -0.419 e. The largest absolute Gasteiger partial charge is 0.419 e. The molecule has 142 valence electrons. The van der Waals surface area contributed by atoms with Crippen molar-refractivity contribution < 1.29 is 13.3 Å². The van der Waals surface area contributed by atoms with Crippen LogP contribution < -0.4 is 0 Å². The van der Waals surface area contributed by atoms with Gasteiger partial charge in [0.1, 0.15) is 5.82 Å². The number of nitrogens with zero attached hydrogens (tertiary/aromatic N) is 6. The molecule has 8 nitrogen and oxygen atoms in total. The summed E-state index contributed by atoms with van der Waals surface area (Å²) >= 11 is 0. The van der Waals surface area contributed by atoms with E-state index in [-0.39, 0.29) is 11.9 Å². The Hall–Kier alpha value is -2.65. The number of rotatable bonds is 5. The number of halogens is 1. The van der Waals surface area contributed by atoms with Gasteiger partial charge in [-0.05, 0) is 38.1 Å². The van der Waals surface area contributed by atoms with E-state index in [1.807, 2.05) is 6.92 Å². The fourth-order valence-corrected chi connectivity index (χ4v) is 3.17. The first kappa shape index (κ1) is 17.7. The normalized spacial score (nSPS) is 17.3. The van der Waals surface area contributed by atoms with Crippen LogP contribution in [0.3, 0.4) is 0 Å². The molecule has 1 aromatic carbocycles. The van der Waals surface area contributed by atoms with Crippen molar-refractivity contribution in [2.75, 3.05) is 26.2 Å². The van der Waals surface area contributed by atoms with E-state index in [2.05, 4.69) is 37.1 Å². The predicted octanol–water partition coefficient (Wildman–Crippen LogP) is 2.45. The second-order valence-electron chi connectivity index (χ2n) is 6.68. The molecule has 0 aliphatic carbocycles.